The Morgan fingerprint density at radius 2 is 1.84 bits per heavy atom. The number of amides is 1. The van der Waals surface area contributed by atoms with Gasteiger partial charge in [-0.05, 0) is 50.5 Å². The number of nitrogens with zero attached hydrogens (tertiary/aromatic N) is 6. The monoisotopic (exact) mass is 422 g/mol. The minimum Gasteiger partial charge on any atom is -0.341 e. The van der Waals surface area contributed by atoms with Gasteiger partial charge in [-0.15, -0.1) is 0 Å². The molecule has 4 heterocycles. The van der Waals surface area contributed by atoms with E-state index in [1.165, 1.54) is 44.9 Å². The third-order valence-electron chi connectivity index (χ3n) is 7.37. The van der Waals surface area contributed by atoms with E-state index in [1.54, 1.807) is 0 Å². The maximum Gasteiger partial charge on any atom is 0.225 e. The van der Waals surface area contributed by atoms with Crippen molar-refractivity contribution in [2.45, 2.75) is 70.3 Å². The number of likely N-dealkylation sites (tertiary alicyclic amines) is 1. The molecule has 2 aromatic heterocycles. The molecule has 3 fully saturated rings. The van der Waals surface area contributed by atoms with Gasteiger partial charge < -0.3 is 9.80 Å². The maximum absolute atomic E-state index is 13.3. The molecule has 2 aliphatic heterocycles. The van der Waals surface area contributed by atoms with Crippen LogP contribution in [-0.4, -0.2) is 50.2 Å². The average Bonchev–Trinajstić information content (AvgIpc) is 3.55. The molecule has 3 aliphatic rings. The molecule has 1 amide bonds. The Bertz CT molecular complexity index is 913. The lowest BCUT2D eigenvalue weighted by molar-refractivity contribution is -0.133. The normalized spacial score (nSPS) is 22.4. The topological polar surface area (TPSA) is 67.2 Å². The van der Waals surface area contributed by atoms with Crippen LogP contribution >= 0.6 is 0 Å². The molecule has 0 spiro atoms. The third kappa shape index (κ3) is 4.19. The summed E-state index contributed by atoms with van der Waals surface area (Å²) in [5.74, 6) is 1.70. The lowest BCUT2D eigenvalue weighted by atomic mass is 9.86. The quantitative estimate of drug-likeness (QED) is 0.725. The Morgan fingerprint density at radius 1 is 1.03 bits per heavy atom. The van der Waals surface area contributed by atoms with Crippen molar-refractivity contribution in [1.29, 1.82) is 0 Å². The number of anilines is 1. The smallest absolute Gasteiger partial charge is 0.225 e. The van der Waals surface area contributed by atoms with Gasteiger partial charge in [-0.2, -0.15) is 5.10 Å². The van der Waals surface area contributed by atoms with Crippen molar-refractivity contribution in [2.75, 3.05) is 24.5 Å². The van der Waals surface area contributed by atoms with Crippen LogP contribution in [0.5, 0.6) is 0 Å². The summed E-state index contributed by atoms with van der Waals surface area (Å²) in [5.41, 5.74) is 3.06. The van der Waals surface area contributed by atoms with Crippen molar-refractivity contribution in [2.24, 2.45) is 13.0 Å². The SMILES string of the molecule is Cn1ncc(-c2ccnc(N3CCCC3)n2)c1C1CCCN1C(=O)CC1CCCCC1. The molecule has 7 nitrogen and oxygen atoms in total. The van der Waals surface area contributed by atoms with Gasteiger partial charge in [0.2, 0.25) is 11.9 Å². The van der Waals surface area contributed by atoms with E-state index in [-0.39, 0.29) is 6.04 Å². The van der Waals surface area contributed by atoms with Gasteiger partial charge in [0.1, 0.15) is 0 Å². The van der Waals surface area contributed by atoms with Crippen molar-refractivity contribution >= 4 is 11.9 Å². The molecule has 1 saturated carbocycles. The van der Waals surface area contributed by atoms with E-state index in [1.807, 2.05) is 30.2 Å². The molecule has 0 bridgehead atoms. The van der Waals surface area contributed by atoms with E-state index in [2.05, 4.69) is 19.9 Å². The van der Waals surface area contributed by atoms with Gasteiger partial charge >= 0.3 is 0 Å². The molecule has 1 atom stereocenters. The number of aromatic nitrogens is 4. The lowest BCUT2D eigenvalue weighted by Crippen LogP contribution is -2.33. The summed E-state index contributed by atoms with van der Waals surface area (Å²) in [7, 11) is 1.99. The van der Waals surface area contributed by atoms with Crippen LogP contribution in [0.1, 0.15) is 75.9 Å². The van der Waals surface area contributed by atoms with Crippen LogP contribution in [0, 0.1) is 5.92 Å². The summed E-state index contributed by atoms with van der Waals surface area (Å²) in [6.45, 7) is 2.90. The summed E-state index contributed by atoms with van der Waals surface area (Å²) in [6, 6.07) is 2.06. The molecule has 31 heavy (non-hydrogen) atoms. The van der Waals surface area contributed by atoms with Crippen molar-refractivity contribution in [3.05, 3.63) is 24.2 Å². The number of carbonyl (C=O) groups is 1. The Morgan fingerprint density at radius 3 is 2.65 bits per heavy atom. The first-order valence-electron chi connectivity index (χ1n) is 12.1. The van der Waals surface area contributed by atoms with Crippen LogP contribution < -0.4 is 4.90 Å². The average molecular weight is 423 g/mol. The molecule has 5 rings (SSSR count). The van der Waals surface area contributed by atoms with Gasteiger partial charge in [0, 0.05) is 44.9 Å². The molecule has 1 unspecified atom stereocenters. The zero-order valence-electron chi connectivity index (χ0n) is 18.7. The minimum atomic E-state index is 0.0868. The predicted molar refractivity (Wildman–Crippen MR) is 121 cm³/mol. The second-order valence-electron chi connectivity index (χ2n) is 9.46. The molecule has 7 heteroatoms. The molecule has 166 valence electrons. The predicted octanol–water partition coefficient (Wildman–Crippen LogP) is 4.11. The van der Waals surface area contributed by atoms with Crippen LogP contribution in [-0.2, 0) is 11.8 Å². The zero-order chi connectivity index (χ0) is 21.2. The van der Waals surface area contributed by atoms with Crippen LogP contribution in [0.15, 0.2) is 18.5 Å². The summed E-state index contributed by atoms with van der Waals surface area (Å²) in [5, 5.41) is 4.58. The van der Waals surface area contributed by atoms with E-state index in [4.69, 9.17) is 4.98 Å². The lowest BCUT2D eigenvalue weighted by Gasteiger charge is -2.29. The second kappa shape index (κ2) is 8.97. The van der Waals surface area contributed by atoms with Crippen LogP contribution in [0.4, 0.5) is 5.95 Å². The summed E-state index contributed by atoms with van der Waals surface area (Å²) < 4.78 is 1.95. The first kappa shape index (κ1) is 20.5. The van der Waals surface area contributed by atoms with E-state index >= 15 is 0 Å². The van der Waals surface area contributed by atoms with Crippen molar-refractivity contribution in [3.63, 3.8) is 0 Å². The standard InChI is InChI=1S/C24H34N6O/c1-28-23(21-10-7-15-30(21)22(31)16-18-8-3-2-4-9-18)19(17-26-28)20-11-12-25-24(27-20)29-13-5-6-14-29/h11-12,17-18,21H,2-10,13-16H2,1H3. The number of carbonyl (C=O) groups excluding carboxylic acids is 1. The van der Waals surface area contributed by atoms with Gasteiger partial charge in [-0.25, -0.2) is 9.97 Å². The Balaban J connectivity index is 1.40. The first-order valence-corrected chi connectivity index (χ1v) is 12.1. The fourth-order valence-corrected chi connectivity index (χ4v) is 5.71. The number of rotatable bonds is 5. The number of hydrogen-bond acceptors (Lipinski definition) is 5. The van der Waals surface area contributed by atoms with E-state index < -0.39 is 0 Å². The first-order chi connectivity index (χ1) is 15.2. The molecule has 0 aromatic carbocycles. The largest absolute Gasteiger partial charge is 0.341 e. The molecule has 2 aromatic rings. The van der Waals surface area contributed by atoms with Crippen LogP contribution in [0.3, 0.4) is 0 Å². The van der Waals surface area contributed by atoms with Crippen molar-refractivity contribution < 1.29 is 4.79 Å². The van der Waals surface area contributed by atoms with Crippen LogP contribution in [0.2, 0.25) is 0 Å². The highest BCUT2D eigenvalue weighted by Gasteiger charge is 2.35. The van der Waals surface area contributed by atoms with Crippen molar-refractivity contribution in [1.82, 2.24) is 24.6 Å². The van der Waals surface area contributed by atoms with Gasteiger partial charge in [0.15, 0.2) is 0 Å². The third-order valence-corrected chi connectivity index (χ3v) is 7.37. The minimum absolute atomic E-state index is 0.0868. The van der Waals surface area contributed by atoms with Gasteiger partial charge in [-0.3, -0.25) is 9.48 Å². The summed E-state index contributed by atoms with van der Waals surface area (Å²) in [4.78, 5) is 27.1. The molecular formula is C24H34N6O. The highest BCUT2D eigenvalue weighted by Crippen LogP contribution is 2.38. The Hall–Kier alpha value is -2.44. The van der Waals surface area contributed by atoms with E-state index in [0.717, 1.165) is 55.4 Å². The maximum atomic E-state index is 13.3. The zero-order valence-corrected chi connectivity index (χ0v) is 18.7. The molecular weight excluding hydrogens is 388 g/mol. The second-order valence-corrected chi connectivity index (χ2v) is 9.46. The van der Waals surface area contributed by atoms with Gasteiger partial charge in [0.05, 0.1) is 23.6 Å². The summed E-state index contributed by atoms with van der Waals surface area (Å²) >= 11 is 0. The number of aryl methyl sites for hydroxylation is 1. The Labute approximate surface area is 184 Å². The van der Waals surface area contributed by atoms with E-state index in [0.29, 0.717) is 18.2 Å². The van der Waals surface area contributed by atoms with E-state index in [9.17, 15) is 4.79 Å². The van der Waals surface area contributed by atoms with Crippen LogP contribution in [0.25, 0.3) is 11.3 Å². The summed E-state index contributed by atoms with van der Waals surface area (Å²) in [6.07, 6.45) is 15.2. The highest BCUT2D eigenvalue weighted by atomic mass is 16.2. The van der Waals surface area contributed by atoms with Gasteiger partial charge in [0.25, 0.3) is 0 Å². The van der Waals surface area contributed by atoms with Gasteiger partial charge in [-0.1, -0.05) is 19.3 Å². The molecule has 0 radical (unpaired) electrons. The molecule has 0 N–H and O–H groups in total. The van der Waals surface area contributed by atoms with Crippen molar-refractivity contribution in [3.8, 4) is 11.3 Å². The fraction of sp³-hybridized carbons (Fsp3) is 0.667. The fourth-order valence-electron chi connectivity index (χ4n) is 5.71. The Kier molecular flexibility index (Phi) is 5.92. The number of hydrogen-bond donors (Lipinski definition) is 0. The molecule has 1 aliphatic carbocycles. The molecule has 2 saturated heterocycles. The highest BCUT2D eigenvalue weighted by molar-refractivity contribution is 5.78.